The quantitative estimate of drug-likeness (QED) is 0.431. The van der Waals surface area contributed by atoms with Crippen molar-refractivity contribution < 1.29 is 14.6 Å². The van der Waals surface area contributed by atoms with Crippen LogP contribution in [-0.4, -0.2) is 29.1 Å². The molecule has 0 bridgehead atoms. The number of hydrogen-bond acceptors (Lipinski definition) is 3. The summed E-state index contributed by atoms with van der Waals surface area (Å²) in [5, 5.41) is 10.4. The highest BCUT2D eigenvalue weighted by Crippen LogP contribution is 2.39. The van der Waals surface area contributed by atoms with Crippen LogP contribution in [0.5, 0.6) is 5.75 Å². The third-order valence-electron chi connectivity index (χ3n) is 5.94. The number of halogens is 2. The van der Waals surface area contributed by atoms with Crippen LogP contribution in [0.3, 0.4) is 0 Å². The zero-order valence-corrected chi connectivity index (χ0v) is 19.1. The van der Waals surface area contributed by atoms with Crippen LogP contribution >= 0.6 is 23.2 Å². The molecule has 1 N–H and O–H groups in total. The highest BCUT2D eigenvalue weighted by atomic mass is 35.5. The molecule has 0 amide bonds. The molecule has 0 saturated carbocycles. The SMILES string of the molecule is O=C(O)C1CCN(C(c2cccc(OCc3ccccc3)c2)c2cccc(Cl)c2Cl)CC1. The topological polar surface area (TPSA) is 49.8 Å². The summed E-state index contributed by atoms with van der Waals surface area (Å²) in [6.07, 6.45) is 1.21. The average molecular weight is 470 g/mol. The lowest BCUT2D eigenvalue weighted by Crippen LogP contribution is -2.39. The molecule has 1 unspecified atom stereocenters. The highest BCUT2D eigenvalue weighted by Gasteiger charge is 2.31. The van der Waals surface area contributed by atoms with Crippen LogP contribution in [0.25, 0.3) is 0 Å². The smallest absolute Gasteiger partial charge is 0.306 e. The Morgan fingerprint density at radius 3 is 2.44 bits per heavy atom. The number of carboxylic acids is 1. The molecule has 0 spiro atoms. The number of carbonyl (C=O) groups is 1. The Balaban J connectivity index is 1.63. The maximum atomic E-state index is 11.4. The molecule has 3 aromatic rings. The van der Waals surface area contributed by atoms with Gasteiger partial charge >= 0.3 is 5.97 Å². The van der Waals surface area contributed by atoms with E-state index in [9.17, 15) is 9.90 Å². The van der Waals surface area contributed by atoms with Crippen molar-refractivity contribution in [3.8, 4) is 5.75 Å². The summed E-state index contributed by atoms with van der Waals surface area (Å²) in [7, 11) is 0. The van der Waals surface area contributed by atoms with Crippen molar-refractivity contribution in [2.24, 2.45) is 5.92 Å². The average Bonchev–Trinajstić information content (AvgIpc) is 2.82. The summed E-state index contributed by atoms with van der Waals surface area (Å²) in [5.74, 6) is -0.254. The van der Waals surface area contributed by atoms with Gasteiger partial charge in [0.05, 0.1) is 22.0 Å². The second-order valence-electron chi connectivity index (χ2n) is 8.04. The van der Waals surface area contributed by atoms with Crippen LogP contribution in [0.4, 0.5) is 0 Å². The second-order valence-corrected chi connectivity index (χ2v) is 8.83. The third-order valence-corrected chi connectivity index (χ3v) is 6.78. The number of likely N-dealkylation sites (tertiary alicyclic amines) is 1. The first-order valence-electron chi connectivity index (χ1n) is 10.7. The second kappa shape index (κ2) is 10.4. The fourth-order valence-corrected chi connectivity index (χ4v) is 4.65. The molecule has 0 aromatic heterocycles. The molecule has 1 saturated heterocycles. The Labute approximate surface area is 198 Å². The van der Waals surface area contributed by atoms with Crippen molar-refractivity contribution in [2.75, 3.05) is 13.1 Å². The summed E-state index contributed by atoms with van der Waals surface area (Å²) in [4.78, 5) is 13.7. The summed E-state index contributed by atoms with van der Waals surface area (Å²) in [5.41, 5.74) is 3.05. The van der Waals surface area contributed by atoms with Crippen molar-refractivity contribution in [2.45, 2.75) is 25.5 Å². The molecular formula is C26H25Cl2NO3. The lowest BCUT2D eigenvalue weighted by atomic mass is 9.91. The van der Waals surface area contributed by atoms with Gasteiger partial charge in [-0.25, -0.2) is 0 Å². The van der Waals surface area contributed by atoms with Crippen molar-refractivity contribution in [3.05, 3.63) is 99.5 Å². The lowest BCUT2D eigenvalue weighted by molar-refractivity contribution is -0.143. The molecule has 1 aliphatic rings. The van der Waals surface area contributed by atoms with Crippen LogP contribution in [0.1, 0.15) is 35.6 Å². The summed E-state index contributed by atoms with van der Waals surface area (Å²) in [6, 6.07) is 23.6. The van der Waals surface area contributed by atoms with Crippen molar-refractivity contribution in [1.29, 1.82) is 0 Å². The zero-order valence-electron chi connectivity index (χ0n) is 17.6. The first-order chi connectivity index (χ1) is 15.5. The first kappa shape index (κ1) is 22.7. The molecule has 166 valence electrons. The van der Waals surface area contributed by atoms with Gasteiger partial charge in [0.25, 0.3) is 0 Å². The van der Waals surface area contributed by atoms with E-state index in [1.165, 1.54) is 0 Å². The minimum absolute atomic E-state index is 0.142. The Morgan fingerprint density at radius 1 is 1.00 bits per heavy atom. The minimum Gasteiger partial charge on any atom is -0.489 e. The van der Waals surface area contributed by atoms with Gasteiger partial charge in [0, 0.05) is 0 Å². The van der Waals surface area contributed by atoms with Gasteiger partial charge in [-0.2, -0.15) is 0 Å². The van der Waals surface area contributed by atoms with Crippen LogP contribution in [0, 0.1) is 5.92 Å². The summed E-state index contributed by atoms with van der Waals surface area (Å²) >= 11 is 13.0. The number of ether oxygens (including phenoxy) is 1. The van der Waals surface area contributed by atoms with Gasteiger partial charge in [0.15, 0.2) is 0 Å². The van der Waals surface area contributed by atoms with E-state index in [1.54, 1.807) is 6.07 Å². The summed E-state index contributed by atoms with van der Waals surface area (Å²) in [6.45, 7) is 1.82. The molecule has 1 heterocycles. The molecule has 0 aliphatic carbocycles. The number of benzene rings is 3. The minimum atomic E-state index is -0.724. The normalized spacial score (nSPS) is 15.9. The monoisotopic (exact) mass is 469 g/mol. The lowest BCUT2D eigenvalue weighted by Gasteiger charge is -2.37. The largest absolute Gasteiger partial charge is 0.489 e. The van der Waals surface area contributed by atoms with Crippen LogP contribution in [0.15, 0.2) is 72.8 Å². The fraction of sp³-hybridized carbons (Fsp3) is 0.269. The fourth-order valence-electron chi connectivity index (χ4n) is 4.24. The highest BCUT2D eigenvalue weighted by molar-refractivity contribution is 6.42. The van der Waals surface area contributed by atoms with E-state index < -0.39 is 5.97 Å². The Morgan fingerprint density at radius 2 is 1.72 bits per heavy atom. The molecule has 4 rings (SSSR count). The van der Waals surface area contributed by atoms with Crippen LogP contribution in [0.2, 0.25) is 10.0 Å². The third kappa shape index (κ3) is 5.26. The van der Waals surface area contributed by atoms with Gasteiger partial charge in [-0.05, 0) is 60.8 Å². The predicted molar refractivity (Wildman–Crippen MR) is 127 cm³/mol. The predicted octanol–water partition coefficient (Wildman–Crippen LogP) is 6.46. The number of hydrogen-bond donors (Lipinski definition) is 1. The molecule has 1 fully saturated rings. The number of piperidine rings is 1. The number of aliphatic carboxylic acids is 1. The van der Waals surface area contributed by atoms with E-state index in [0.717, 1.165) is 22.4 Å². The van der Waals surface area contributed by atoms with Gasteiger partial charge in [0.1, 0.15) is 12.4 Å². The zero-order chi connectivity index (χ0) is 22.5. The first-order valence-corrected chi connectivity index (χ1v) is 11.5. The van der Waals surface area contributed by atoms with E-state index in [-0.39, 0.29) is 12.0 Å². The molecule has 32 heavy (non-hydrogen) atoms. The summed E-state index contributed by atoms with van der Waals surface area (Å²) < 4.78 is 6.05. The van der Waals surface area contributed by atoms with Gasteiger partial charge in [-0.1, -0.05) is 77.8 Å². The number of carboxylic acid groups (broad SMARTS) is 1. The molecule has 0 radical (unpaired) electrons. The van der Waals surface area contributed by atoms with Crippen molar-refractivity contribution in [3.63, 3.8) is 0 Å². The molecular weight excluding hydrogens is 445 g/mol. The standard InChI is InChI=1S/C26H25Cl2NO3/c27-23-11-5-10-22(24(23)28)25(29-14-12-19(13-15-29)26(30)31)20-8-4-9-21(16-20)32-17-18-6-2-1-3-7-18/h1-11,16,19,25H,12-15,17H2,(H,30,31). The molecule has 1 atom stereocenters. The Hall–Kier alpha value is -2.53. The number of rotatable bonds is 7. The van der Waals surface area contributed by atoms with Gasteiger partial charge in [-0.15, -0.1) is 0 Å². The van der Waals surface area contributed by atoms with Crippen molar-refractivity contribution >= 4 is 29.2 Å². The van der Waals surface area contributed by atoms with E-state index in [1.807, 2.05) is 60.7 Å². The van der Waals surface area contributed by atoms with E-state index >= 15 is 0 Å². The van der Waals surface area contributed by atoms with Gasteiger partial charge < -0.3 is 9.84 Å². The van der Waals surface area contributed by atoms with Gasteiger partial charge in [0.2, 0.25) is 0 Å². The maximum Gasteiger partial charge on any atom is 0.306 e. The Kier molecular flexibility index (Phi) is 7.36. The van der Waals surface area contributed by atoms with E-state index in [0.29, 0.717) is 42.6 Å². The molecule has 3 aromatic carbocycles. The van der Waals surface area contributed by atoms with Crippen LogP contribution in [-0.2, 0) is 11.4 Å². The van der Waals surface area contributed by atoms with E-state index in [4.69, 9.17) is 27.9 Å². The maximum absolute atomic E-state index is 11.4. The number of nitrogens with zero attached hydrogens (tertiary/aromatic N) is 1. The van der Waals surface area contributed by atoms with Crippen molar-refractivity contribution in [1.82, 2.24) is 4.90 Å². The Bertz CT molecular complexity index is 1070. The van der Waals surface area contributed by atoms with Gasteiger partial charge in [-0.3, -0.25) is 9.69 Å². The van der Waals surface area contributed by atoms with E-state index in [2.05, 4.69) is 11.0 Å². The molecule has 6 heteroatoms. The molecule has 1 aliphatic heterocycles. The molecule has 4 nitrogen and oxygen atoms in total. The van der Waals surface area contributed by atoms with Crippen LogP contribution < -0.4 is 4.74 Å².